The molecule has 208 valence electrons. The van der Waals surface area contributed by atoms with Gasteiger partial charge < -0.3 is 20.3 Å². The lowest BCUT2D eigenvalue weighted by Crippen LogP contribution is -2.45. The number of aliphatic carboxylic acids is 1. The van der Waals surface area contributed by atoms with E-state index in [2.05, 4.69) is 21.2 Å². The summed E-state index contributed by atoms with van der Waals surface area (Å²) in [5.41, 5.74) is -1.83. The van der Waals surface area contributed by atoms with Gasteiger partial charge in [-0.15, -0.1) is 11.6 Å². The Labute approximate surface area is 230 Å². The number of aliphatic hydroxyl groups is 1. The number of halogens is 6. The monoisotopic (exact) mass is 623 g/mol. The van der Waals surface area contributed by atoms with Crippen LogP contribution >= 0.6 is 27.5 Å². The molecule has 2 aromatic carbocycles. The Morgan fingerprint density at radius 2 is 1.82 bits per heavy atom. The smallest absolute Gasteiger partial charge is 0.416 e. The topological polar surface area (TPSA) is 95.9 Å². The maximum Gasteiger partial charge on any atom is 0.416 e. The van der Waals surface area contributed by atoms with Crippen LogP contribution in [0.15, 0.2) is 46.9 Å². The fourth-order valence-corrected chi connectivity index (χ4v) is 4.93. The number of carboxylic acids is 1. The van der Waals surface area contributed by atoms with Crippen molar-refractivity contribution in [2.75, 3.05) is 24.4 Å². The van der Waals surface area contributed by atoms with Crippen LogP contribution in [0, 0.1) is 23.1 Å². The third kappa shape index (κ3) is 7.25. The lowest BCUT2D eigenvalue weighted by atomic mass is 9.67. The lowest BCUT2D eigenvalue weighted by Gasteiger charge is -2.40. The highest BCUT2D eigenvalue weighted by molar-refractivity contribution is 9.10. The second kappa shape index (κ2) is 12.3. The van der Waals surface area contributed by atoms with Crippen molar-refractivity contribution in [2.24, 2.45) is 17.3 Å². The Balaban J connectivity index is 1.93. The van der Waals surface area contributed by atoms with Crippen molar-refractivity contribution in [2.45, 2.75) is 38.0 Å². The minimum Gasteiger partial charge on any atom is -0.481 e. The third-order valence-electron chi connectivity index (χ3n) is 6.75. The third-order valence-corrected chi connectivity index (χ3v) is 7.92. The van der Waals surface area contributed by atoms with Crippen molar-refractivity contribution in [3.8, 4) is 0 Å². The molecule has 0 spiro atoms. The zero-order valence-electron chi connectivity index (χ0n) is 20.3. The highest BCUT2D eigenvalue weighted by Crippen LogP contribution is 2.44. The highest BCUT2D eigenvalue weighted by atomic mass is 79.9. The van der Waals surface area contributed by atoms with Crippen LogP contribution in [0.4, 0.5) is 23.2 Å². The van der Waals surface area contributed by atoms with Gasteiger partial charge in [-0.1, -0.05) is 35.0 Å². The normalized spacial score (nSPS) is 23.5. The van der Waals surface area contributed by atoms with Crippen LogP contribution in [0.3, 0.4) is 0 Å². The first-order valence-electron chi connectivity index (χ1n) is 11.7. The van der Waals surface area contributed by atoms with Crippen LogP contribution in [0.2, 0.25) is 0 Å². The summed E-state index contributed by atoms with van der Waals surface area (Å²) < 4.78 is 60.0. The number of carbonyl (C=O) groups is 2. The molecule has 1 amide bonds. The maximum absolute atomic E-state index is 14.5. The summed E-state index contributed by atoms with van der Waals surface area (Å²) in [6.45, 7) is 1.51. The maximum atomic E-state index is 14.5. The first-order valence-corrected chi connectivity index (χ1v) is 13.0. The van der Waals surface area contributed by atoms with E-state index in [-0.39, 0.29) is 38.0 Å². The van der Waals surface area contributed by atoms with Crippen LogP contribution in [-0.4, -0.2) is 47.3 Å². The molecule has 1 saturated carbocycles. The van der Waals surface area contributed by atoms with E-state index in [0.29, 0.717) is 11.6 Å². The summed E-state index contributed by atoms with van der Waals surface area (Å²) in [4.78, 5) is 25.8. The molecule has 0 aliphatic heterocycles. The van der Waals surface area contributed by atoms with E-state index in [0.717, 1.165) is 10.5 Å². The van der Waals surface area contributed by atoms with Crippen molar-refractivity contribution >= 4 is 45.1 Å². The number of rotatable bonds is 9. The molecule has 0 heterocycles. The molecule has 0 radical (unpaired) electrons. The van der Waals surface area contributed by atoms with Crippen molar-refractivity contribution < 1.29 is 42.1 Å². The molecule has 0 saturated heterocycles. The Morgan fingerprint density at radius 3 is 2.34 bits per heavy atom. The summed E-state index contributed by atoms with van der Waals surface area (Å²) in [5, 5.41) is 22.1. The summed E-state index contributed by atoms with van der Waals surface area (Å²) >= 11 is 9.30. The number of carbonyl (C=O) groups excluding carboxylic acids is 1. The Bertz CT molecular complexity index is 1140. The quantitative estimate of drug-likeness (QED) is 0.233. The predicted octanol–water partition coefficient (Wildman–Crippen LogP) is 6.06. The number of anilines is 1. The van der Waals surface area contributed by atoms with Gasteiger partial charge in [0, 0.05) is 21.7 Å². The number of aliphatic hydroxyl groups excluding tert-OH is 1. The average Bonchev–Trinajstić information content (AvgIpc) is 2.87. The van der Waals surface area contributed by atoms with E-state index >= 15 is 0 Å². The second-order valence-corrected chi connectivity index (χ2v) is 11.0. The van der Waals surface area contributed by atoms with Gasteiger partial charge in [0.2, 0.25) is 5.91 Å². The van der Waals surface area contributed by atoms with Crippen LogP contribution in [0.5, 0.6) is 0 Å². The van der Waals surface area contributed by atoms with E-state index in [1.54, 1.807) is 31.2 Å². The van der Waals surface area contributed by atoms with Crippen molar-refractivity contribution in [3.05, 3.63) is 63.9 Å². The number of hydrogen-bond donors (Lipinski definition) is 3. The number of amides is 1. The van der Waals surface area contributed by atoms with E-state index in [1.807, 2.05) is 0 Å². The van der Waals surface area contributed by atoms with Crippen molar-refractivity contribution in [1.29, 1.82) is 0 Å². The predicted molar refractivity (Wildman–Crippen MR) is 136 cm³/mol. The zero-order valence-corrected chi connectivity index (χ0v) is 22.6. The van der Waals surface area contributed by atoms with Gasteiger partial charge in [0.1, 0.15) is 5.82 Å². The number of benzene rings is 2. The molecule has 1 fully saturated rings. The van der Waals surface area contributed by atoms with Gasteiger partial charge in [0.25, 0.3) is 0 Å². The van der Waals surface area contributed by atoms with Crippen LogP contribution in [0.1, 0.15) is 36.8 Å². The fourth-order valence-electron chi connectivity index (χ4n) is 4.50. The molecule has 5 unspecified atom stereocenters. The van der Waals surface area contributed by atoms with Gasteiger partial charge in [0.15, 0.2) is 0 Å². The summed E-state index contributed by atoms with van der Waals surface area (Å²) in [6.07, 6.45) is -5.17. The second-order valence-electron chi connectivity index (χ2n) is 9.82. The summed E-state index contributed by atoms with van der Waals surface area (Å²) in [5.74, 6) is -6.37. The molecule has 3 rings (SSSR count). The largest absolute Gasteiger partial charge is 0.481 e. The van der Waals surface area contributed by atoms with E-state index < -0.39 is 64.4 Å². The fraction of sp³-hybridized carbons (Fsp3) is 0.462. The van der Waals surface area contributed by atoms with Crippen LogP contribution in [0.25, 0.3) is 0 Å². The van der Waals surface area contributed by atoms with Gasteiger partial charge in [-0.05, 0) is 48.7 Å². The SMILES string of the molecule is CC(CO)(CCl)COC1CC(C(=O)Nc2ccc(C(F)(F)F)cc2F)C(C(=O)O)C(c2ccc(Br)cc2)C1. The van der Waals surface area contributed by atoms with Gasteiger partial charge in [-0.25, -0.2) is 4.39 Å². The van der Waals surface area contributed by atoms with Crippen LogP contribution < -0.4 is 5.32 Å². The van der Waals surface area contributed by atoms with Gasteiger partial charge in [0.05, 0.1) is 42.4 Å². The van der Waals surface area contributed by atoms with Gasteiger partial charge >= 0.3 is 12.1 Å². The highest BCUT2D eigenvalue weighted by Gasteiger charge is 2.47. The first kappa shape index (κ1) is 30.3. The van der Waals surface area contributed by atoms with Crippen molar-refractivity contribution in [1.82, 2.24) is 0 Å². The minimum absolute atomic E-state index is 0.0398. The first-order chi connectivity index (χ1) is 17.8. The standard InChI is InChI=1S/C26H27BrClF4NO5/c1-25(11-28,12-34)13-38-17-9-18(14-2-5-16(27)6-3-14)22(24(36)37)19(10-17)23(35)33-21-7-4-15(8-20(21)29)26(30,31)32/h2-8,17-19,22,34H,9-13H2,1H3,(H,33,35)(H,36,37). The molecular formula is C26H27BrClF4NO5. The Hall–Kier alpha value is -2.21. The van der Waals surface area contributed by atoms with E-state index in [9.17, 15) is 37.4 Å². The lowest BCUT2D eigenvalue weighted by molar-refractivity contribution is -0.152. The Morgan fingerprint density at radius 1 is 1.16 bits per heavy atom. The van der Waals surface area contributed by atoms with Crippen LogP contribution in [-0.2, 0) is 20.5 Å². The minimum atomic E-state index is -4.77. The Kier molecular flexibility index (Phi) is 9.83. The molecular weight excluding hydrogens is 598 g/mol. The molecule has 5 atom stereocenters. The molecule has 0 bridgehead atoms. The average molecular weight is 625 g/mol. The van der Waals surface area contributed by atoms with E-state index in [4.69, 9.17) is 16.3 Å². The molecule has 1 aliphatic rings. The zero-order chi connectivity index (χ0) is 28.3. The van der Waals surface area contributed by atoms with Crippen molar-refractivity contribution in [3.63, 3.8) is 0 Å². The summed E-state index contributed by atoms with van der Waals surface area (Å²) in [7, 11) is 0. The molecule has 0 aromatic heterocycles. The molecule has 38 heavy (non-hydrogen) atoms. The van der Waals surface area contributed by atoms with E-state index in [1.165, 1.54) is 0 Å². The number of hydrogen-bond acceptors (Lipinski definition) is 4. The number of carboxylic acid groups (broad SMARTS) is 1. The van der Waals surface area contributed by atoms with Gasteiger partial charge in [-0.2, -0.15) is 13.2 Å². The molecule has 2 aromatic rings. The number of ether oxygens (including phenoxy) is 1. The molecule has 12 heteroatoms. The molecule has 6 nitrogen and oxygen atoms in total. The van der Waals surface area contributed by atoms with Gasteiger partial charge in [-0.3, -0.25) is 9.59 Å². The molecule has 1 aliphatic carbocycles. The number of nitrogens with one attached hydrogen (secondary N) is 1. The number of alkyl halides is 4. The summed E-state index contributed by atoms with van der Waals surface area (Å²) in [6, 6.07) is 8.63. The molecule has 3 N–H and O–H groups in total.